The van der Waals surface area contributed by atoms with Crippen molar-refractivity contribution in [3.05, 3.63) is 124 Å². The van der Waals surface area contributed by atoms with E-state index in [1.807, 2.05) is 36.4 Å². The minimum atomic E-state index is -0.205. The van der Waals surface area contributed by atoms with Crippen LogP contribution in [0.2, 0.25) is 0 Å². The van der Waals surface area contributed by atoms with Crippen molar-refractivity contribution < 1.29 is 4.79 Å². The molecule has 1 aliphatic carbocycles. The van der Waals surface area contributed by atoms with E-state index in [9.17, 15) is 14.9 Å². The molecule has 0 bridgehead atoms. The van der Waals surface area contributed by atoms with Crippen molar-refractivity contribution in [2.75, 3.05) is 0 Å². The topological polar surface area (TPSA) is 62.9 Å². The number of nitriles is 1. The van der Waals surface area contributed by atoms with Crippen LogP contribution in [0.4, 0.5) is 0 Å². The maximum atomic E-state index is 13.5. The number of carbonyl (C=O) groups excluding carboxylic acids is 1. The zero-order valence-electron chi connectivity index (χ0n) is 19.9. The van der Waals surface area contributed by atoms with Gasteiger partial charge in [-0.15, -0.1) is 11.3 Å². The van der Waals surface area contributed by atoms with Gasteiger partial charge in [0.25, 0.3) is 0 Å². The van der Waals surface area contributed by atoms with Crippen molar-refractivity contribution in [3.8, 4) is 22.9 Å². The molecule has 0 spiro atoms. The van der Waals surface area contributed by atoms with Gasteiger partial charge in [0.15, 0.2) is 11.2 Å². The van der Waals surface area contributed by atoms with E-state index in [0.29, 0.717) is 27.5 Å². The van der Waals surface area contributed by atoms with Crippen molar-refractivity contribution in [1.29, 1.82) is 5.26 Å². The predicted octanol–water partition coefficient (Wildman–Crippen LogP) is 7.59. The molecule has 0 saturated heterocycles. The molecule has 176 valence electrons. The number of fused-ring (bicyclic) bond motifs is 8. The lowest BCUT2D eigenvalue weighted by Crippen LogP contribution is -2.04. The Kier molecular flexibility index (Phi) is 4.15. The highest BCUT2D eigenvalue weighted by atomic mass is 32.1. The van der Waals surface area contributed by atoms with E-state index in [-0.39, 0.29) is 11.2 Å². The lowest BCUT2D eigenvalue weighted by atomic mass is 10.0. The van der Waals surface area contributed by atoms with Gasteiger partial charge in [0.1, 0.15) is 0 Å². The molecular formula is C33H16N2O2S. The number of nitrogens with zero attached hydrogens (tertiary/aromatic N) is 2. The average Bonchev–Trinajstić information content (AvgIpc) is 3.43. The summed E-state index contributed by atoms with van der Waals surface area (Å²) in [6.07, 6.45) is 0. The Morgan fingerprint density at radius 2 is 1.34 bits per heavy atom. The van der Waals surface area contributed by atoms with E-state index < -0.39 is 0 Å². The molecule has 4 nitrogen and oxygen atoms in total. The van der Waals surface area contributed by atoms with Crippen LogP contribution in [0.1, 0.15) is 21.5 Å². The summed E-state index contributed by atoms with van der Waals surface area (Å²) in [4.78, 5) is 26.9. The summed E-state index contributed by atoms with van der Waals surface area (Å²) in [5, 5.41) is 12.8. The summed E-state index contributed by atoms with van der Waals surface area (Å²) in [7, 11) is 0. The highest BCUT2D eigenvalue weighted by molar-refractivity contribution is 7.24. The Bertz CT molecular complexity index is 2250. The fourth-order valence-corrected chi connectivity index (χ4v) is 7.01. The molecule has 5 aromatic carbocycles. The molecule has 0 N–H and O–H groups in total. The van der Waals surface area contributed by atoms with Crippen LogP contribution in [0, 0.1) is 11.3 Å². The molecule has 0 atom stereocenters. The molecule has 38 heavy (non-hydrogen) atoms. The minimum absolute atomic E-state index is 0.0799. The van der Waals surface area contributed by atoms with Crippen LogP contribution in [0.25, 0.3) is 58.8 Å². The van der Waals surface area contributed by atoms with Gasteiger partial charge in [0, 0.05) is 42.4 Å². The van der Waals surface area contributed by atoms with E-state index in [0.717, 1.165) is 37.2 Å². The average molecular weight is 505 g/mol. The molecule has 1 aliphatic rings. The zero-order chi connectivity index (χ0) is 25.5. The van der Waals surface area contributed by atoms with Crippen LogP contribution in [0.15, 0.2) is 102 Å². The molecule has 0 radical (unpaired) electrons. The van der Waals surface area contributed by atoms with E-state index in [4.69, 9.17) is 0 Å². The Labute approximate surface area is 220 Å². The van der Waals surface area contributed by atoms with E-state index in [2.05, 4.69) is 53.1 Å². The number of benzene rings is 5. The summed E-state index contributed by atoms with van der Waals surface area (Å²) in [6.45, 7) is 0. The zero-order valence-corrected chi connectivity index (χ0v) is 20.7. The largest absolute Gasteiger partial charge is 0.309 e. The third kappa shape index (κ3) is 2.67. The molecule has 0 fully saturated rings. The first-order chi connectivity index (χ1) is 18.6. The van der Waals surface area contributed by atoms with Gasteiger partial charge >= 0.3 is 0 Å². The van der Waals surface area contributed by atoms with Gasteiger partial charge in [-0.1, -0.05) is 42.5 Å². The van der Waals surface area contributed by atoms with E-state index >= 15 is 0 Å². The fraction of sp³-hybridized carbons (Fsp3) is 0. The first-order valence-electron chi connectivity index (χ1n) is 12.3. The monoisotopic (exact) mass is 504 g/mol. The van der Waals surface area contributed by atoms with Gasteiger partial charge < -0.3 is 4.57 Å². The van der Waals surface area contributed by atoms with Crippen molar-refractivity contribution in [1.82, 2.24) is 4.57 Å². The number of carbonyl (C=O) groups is 1. The van der Waals surface area contributed by atoms with E-state index in [1.54, 1.807) is 18.2 Å². The lowest BCUT2D eigenvalue weighted by Gasteiger charge is -2.10. The van der Waals surface area contributed by atoms with Crippen LogP contribution in [0.3, 0.4) is 0 Å². The number of rotatable bonds is 1. The Morgan fingerprint density at radius 1 is 0.632 bits per heavy atom. The smallest absolute Gasteiger partial charge is 0.197 e. The highest BCUT2D eigenvalue weighted by Crippen LogP contribution is 2.42. The molecular weight excluding hydrogens is 488 g/mol. The number of ketones is 1. The van der Waals surface area contributed by atoms with Crippen LogP contribution in [-0.2, 0) is 0 Å². The summed E-state index contributed by atoms with van der Waals surface area (Å²) < 4.78 is 3.81. The van der Waals surface area contributed by atoms with Crippen molar-refractivity contribution in [3.63, 3.8) is 0 Å². The Hall–Kier alpha value is -5.05. The second kappa shape index (κ2) is 7.48. The molecule has 5 heteroatoms. The van der Waals surface area contributed by atoms with Crippen LogP contribution < -0.4 is 5.43 Å². The maximum absolute atomic E-state index is 13.5. The Morgan fingerprint density at radius 3 is 2.08 bits per heavy atom. The first-order valence-corrected chi connectivity index (χ1v) is 13.1. The standard InChI is InChI=1S/C33H16N2O2S/c34-17-18-6-5-11-29-31(18)33(37)26-15-25-24(16-30(26)38-29)23-14-19(12-13-22(23)32(25)36)35-27-9-3-1-7-20(27)21-8-2-4-10-28(21)35/h1-16H. The maximum Gasteiger partial charge on any atom is 0.197 e. The predicted molar refractivity (Wildman–Crippen MR) is 154 cm³/mol. The first kappa shape index (κ1) is 21.1. The van der Waals surface area contributed by atoms with Crippen molar-refractivity contribution in [2.24, 2.45) is 0 Å². The molecule has 0 amide bonds. The third-order valence-corrected chi connectivity index (χ3v) is 8.70. The summed E-state index contributed by atoms with van der Waals surface area (Å²) in [5.41, 5.74) is 6.23. The number of hydrogen-bond acceptors (Lipinski definition) is 4. The van der Waals surface area contributed by atoms with Crippen molar-refractivity contribution in [2.45, 2.75) is 0 Å². The molecule has 0 unspecified atom stereocenters. The molecule has 2 aromatic heterocycles. The van der Waals surface area contributed by atoms with Gasteiger partial charge in [0.2, 0.25) is 0 Å². The van der Waals surface area contributed by atoms with Gasteiger partial charge in [-0.05, 0) is 65.7 Å². The number of hydrogen-bond donors (Lipinski definition) is 0. The second-order valence-electron chi connectivity index (χ2n) is 9.54. The SMILES string of the molecule is N#Cc1cccc2sc3cc4c(cc3c(=O)c12)C(=O)c1ccc(-n2c3ccccc3c3ccccc32)cc1-4. The third-order valence-electron chi connectivity index (χ3n) is 7.58. The number of aromatic nitrogens is 1. The normalized spacial score (nSPS) is 12.3. The van der Waals surface area contributed by atoms with E-state index in [1.165, 1.54) is 22.1 Å². The van der Waals surface area contributed by atoms with Crippen LogP contribution >= 0.6 is 11.3 Å². The molecule has 7 aromatic rings. The Balaban J connectivity index is 1.41. The second-order valence-corrected chi connectivity index (χ2v) is 10.6. The van der Waals surface area contributed by atoms with Gasteiger partial charge in [0.05, 0.1) is 28.1 Å². The van der Waals surface area contributed by atoms with Crippen LogP contribution in [-0.4, -0.2) is 10.4 Å². The summed E-state index contributed by atoms with van der Waals surface area (Å²) in [6, 6.07) is 33.8. The minimum Gasteiger partial charge on any atom is -0.309 e. The van der Waals surface area contributed by atoms with Gasteiger partial charge in [-0.3, -0.25) is 9.59 Å². The molecule has 0 saturated carbocycles. The molecule has 8 rings (SSSR count). The summed E-state index contributed by atoms with van der Waals surface area (Å²) in [5.74, 6) is -0.0799. The van der Waals surface area contributed by atoms with Crippen LogP contribution in [0.5, 0.6) is 0 Å². The van der Waals surface area contributed by atoms with Gasteiger partial charge in [-0.25, -0.2) is 0 Å². The fourth-order valence-electron chi connectivity index (χ4n) is 5.89. The lowest BCUT2D eigenvalue weighted by molar-refractivity contribution is 0.104. The van der Waals surface area contributed by atoms with Gasteiger partial charge in [-0.2, -0.15) is 5.26 Å². The molecule has 0 aliphatic heterocycles. The summed E-state index contributed by atoms with van der Waals surface area (Å²) >= 11 is 1.47. The quantitative estimate of drug-likeness (QED) is 0.216. The molecule has 2 heterocycles. The number of para-hydroxylation sites is 2. The van der Waals surface area contributed by atoms with Crippen molar-refractivity contribution >= 4 is 59.1 Å². The highest BCUT2D eigenvalue weighted by Gasteiger charge is 2.29.